The summed E-state index contributed by atoms with van der Waals surface area (Å²) in [6.07, 6.45) is 0. The molecule has 0 nitrogen and oxygen atoms in total. The Labute approximate surface area is 51.1 Å². The predicted octanol–water partition coefficient (Wildman–Crippen LogP) is -4.43. The third kappa shape index (κ3) is 2.82. The van der Waals surface area contributed by atoms with E-state index in [1.165, 1.54) is 41.0 Å². The topological polar surface area (TPSA) is 0 Å². The second-order valence-electron chi connectivity index (χ2n) is 2.00. The third-order valence-corrected chi connectivity index (χ3v) is 9.00. The second kappa shape index (κ2) is 2.73. The van der Waals surface area contributed by atoms with Crippen molar-refractivity contribution in [3.05, 3.63) is 9.64 Å². The van der Waals surface area contributed by atoms with Crippen LogP contribution < -0.4 is 0 Å². The molecule has 0 N–H and O–H groups in total. The zero-order chi connectivity index (χ0) is 5.15. The lowest BCUT2D eigenvalue weighted by Gasteiger charge is -1.88. The molecule has 0 aromatic carbocycles. The molecule has 0 bridgehead atoms. The van der Waals surface area contributed by atoms with E-state index in [0.717, 1.165) is 0 Å². The van der Waals surface area contributed by atoms with Gasteiger partial charge in [-0.3, -0.25) is 0 Å². The fraction of sp³-hybridized carbons (Fsp3) is 0. The van der Waals surface area contributed by atoms with Gasteiger partial charge in [-0.1, -0.05) is 0 Å². The first-order valence-corrected chi connectivity index (χ1v) is 6.25. The molecular formula is C2H12Si4. The van der Waals surface area contributed by atoms with Crippen LogP contribution in [0.2, 0.25) is 0 Å². The summed E-state index contributed by atoms with van der Waals surface area (Å²) in [5.41, 5.74) is 0. The van der Waals surface area contributed by atoms with Crippen LogP contribution in [0.3, 0.4) is 0 Å². The maximum absolute atomic E-state index is 1.83. The van der Waals surface area contributed by atoms with Gasteiger partial charge in [-0.2, -0.15) is 0 Å². The van der Waals surface area contributed by atoms with Crippen LogP contribution in [-0.2, 0) is 0 Å². The van der Waals surface area contributed by atoms with E-state index in [-0.39, 0.29) is 0 Å². The molecule has 0 amide bonds. The Morgan fingerprint density at radius 1 is 0.667 bits per heavy atom. The minimum Gasteiger partial charge on any atom is -0.120 e. The lowest BCUT2D eigenvalue weighted by Crippen LogP contribution is -1.88. The van der Waals surface area contributed by atoms with Gasteiger partial charge in [0.05, 0.1) is 0 Å². The van der Waals surface area contributed by atoms with Crippen molar-refractivity contribution in [2.45, 2.75) is 0 Å². The molecule has 0 radical (unpaired) electrons. The smallest absolute Gasteiger partial charge is 0.0260 e. The minimum atomic E-state index is 1.36. The molecular weight excluding hydrogens is 136 g/mol. The molecule has 0 fully saturated rings. The average molecular weight is 148 g/mol. The van der Waals surface area contributed by atoms with E-state index in [4.69, 9.17) is 0 Å². The van der Waals surface area contributed by atoms with Crippen LogP contribution >= 0.6 is 0 Å². The Morgan fingerprint density at radius 3 is 0.833 bits per heavy atom. The van der Waals surface area contributed by atoms with Gasteiger partial charge in [0.15, 0.2) is 0 Å². The summed E-state index contributed by atoms with van der Waals surface area (Å²) in [5, 5.41) is 0. The van der Waals surface area contributed by atoms with Crippen LogP contribution in [0, 0.1) is 0 Å². The summed E-state index contributed by atoms with van der Waals surface area (Å²) in [7, 11) is 5.46. The fourth-order valence-electron chi connectivity index (χ4n) is 0. The Hall–Kier alpha value is 0.608. The van der Waals surface area contributed by atoms with Gasteiger partial charge in [-0.15, -0.1) is 9.64 Å². The number of hydrogen-bond donors (Lipinski definition) is 0. The largest absolute Gasteiger partial charge is 0.120 e. The maximum atomic E-state index is 1.83. The van der Waals surface area contributed by atoms with Crippen LogP contribution in [0.15, 0.2) is 9.64 Å². The summed E-state index contributed by atoms with van der Waals surface area (Å²) in [4.78, 5) is 3.65. The molecule has 0 heterocycles. The molecule has 4 heteroatoms. The summed E-state index contributed by atoms with van der Waals surface area (Å²) in [6.45, 7) is 0. The predicted molar refractivity (Wildman–Crippen MR) is 46.8 cm³/mol. The minimum absolute atomic E-state index is 1.36. The molecule has 0 atom stereocenters. The molecule has 0 aromatic rings. The first-order valence-electron chi connectivity index (χ1n) is 2.25. The molecule has 0 spiro atoms. The fourth-order valence-corrected chi connectivity index (χ4v) is 0. The Bertz CT molecular complexity index is 55.6. The van der Waals surface area contributed by atoms with Gasteiger partial charge in [0.1, 0.15) is 0 Å². The molecule has 0 rings (SSSR count). The number of hydrogen-bond acceptors (Lipinski definition) is 0. The van der Waals surface area contributed by atoms with E-state index in [2.05, 4.69) is 0 Å². The first-order chi connectivity index (χ1) is 2.64. The van der Waals surface area contributed by atoms with Crippen molar-refractivity contribution >= 4 is 41.0 Å². The van der Waals surface area contributed by atoms with Crippen LogP contribution in [0.4, 0.5) is 0 Å². The van der Waals surface area contributed by atoms with E-state index in [1.54, 1.807) is 0 Å². The van der Waals surface area contributed by atoms with Crippen LogP contribution in [0.25, 0.3) is 0 Å². The van der Waals surface area contributed by atoms with Crippen molar-refractivity contribution in [1.29, 1.82) is 0 Å². The molecule has 0 aliphatic heterocycles. The Kier molecular flexibility index (Phi) is 3.00. The molecule has 0 aromatic heterocycles. The van der Waals surface area contributed by atoms with Gasteiger partial charge in [0.25, 0.3) is 0 Å². The highest BCUT2D eigenvalue weighted by Crippen LogP contribution is 1.79. The van der Waals surface area contributed by atoms with Gasteiger partial charge < -0.3 is 0 Å². The Morgan fingerprint density at radius 2 is 0.833 bits per heavy atom. The molecule has 0 saturated heterocycles. The average Bonchev–Trinajstić information content (AvgIpc) is 1.36. The molecule has 0 saturated carbocycles. The van der Waals surface area contributed by atoms with E-state index in [9.17, 15) is 0 Å². The third-order valence-electron chi connectivity index (χ3n) is 1.00. The molecule has 0 aliphatic carbocycles. The molecule has 0 unspecified atom stereocenters. The van der Waals surface area contributed by atoms with E-state index >= 15 is 0 Å². The highest BCUT2D eigenvalue weighted by atomic mass is 28.2. The summed E-state index contributed by atoms with van der Waals surface area (Å²) in [6, 6.07) is 0. The van der Waals surface area contributed by atoms with Crippen molar-refractivity contribution < 1.29 is 0 Å². The van der Waals surface area contributed by atoms with Gasteiger partial charge in [-0.25, -0.2) is 0 Å². The van der Waals surface area contributed by atoms with Gasteiger partial charge in [0.2, 0.25) is 0 Å². The zero-order valence-corrected chi connectivity index (χ0v) is 13.0. The van der Waals surface area contributed by atoms with Crippen LogP contribution in [0.5, 0.6) is 0 Å². The zero-order valence-electron chi connectivity index (χ0n) is 5.00. The highest BCUT2D eigenvalue weighted by molar-refractivity contribution is 6.60. The van der Waals surface area contributed by atoms with Crippen molar-refractivity contribution in [2.75, 3.05) is 0 Å². The van der Waals surface area contributed by atoms with Gasteiger partial charge >= 0.3 is 0 Å². The summed E-state index contributed by atoms with van der Waals surface area (Å²) < 4.78 is 0. The lowest BCUT2D eigenvalue weighted by atomic mass is 11.2. The van der Waals surface area contributed by atoms with Crippen molar-refractivity contribution in [3.8, 4) is 0 Å². The maximum Gasteiger partial charge on any atom is 0.0260 e. The quantitative estimate of drug-likeness (QED) is 0.304. The standard InChI is InChI=1S/C2H12Si4/c3-1(4)2(5)6/h3-6H3. The highest BCUT2D eigenvalue weighted by Gasteiger charge is 1.75. The van der Waals surface area contributed by atoms with Gasteiger partial charge in [-0.05, 0) is 0 Å². The summed E-state index contributed by atoms with van der Waals surface area (Å²) >= 11 is 0. The molecule has 36 valence electrons. The van der Waals surface area contributed by atoms with Crippen molar-refractivity contribution in [2.24, 2.45) is 0 Å². The van der Waals surface area contributed by atoms with E-state index < -0.39 is 0 Å². The summed E-state index contributed by atoms with van der Waals surface area (Å²) in [5.74, 6) is 0. The van der Waals surface area contributed by atoms with E-state index in [0.29, 0.717) is 0 Å². The van der Waals surface area contributed by atoms with Crippen molar-refractivity contribution in [1.82, 2.24) is 0 Å². The SMILES string of the molecule is [SiH3]C([SiH3])=C([SiH3])[SiH3]. The number of rotatable bonds is 0. The first kappa shape index (κ1) is 6.61. The van der Waals surface area contributed by atoms with Crippen LogP contribution in [0.1, 0.15) is 0 Å². The van der Waals surface area contributed by atoms with E-state index in [1.807, 2.05) is 9.64 Å². The van der Waals surface area contributed by atoms with Gasteiger partial charge in [0, 0.05) is 41.0 Å². The molecule has 0 aliphatic rings. The normalized spacial score (nSPS) is 10.0. The lowest BCUT2D eigenvalue weighted by molar-refractivity contribution is 2.24. The monoisotopic (exact) mass is 148 g/mol. The second-order valence-corrected chi connectivity index (χ2v) is 12.0. The Balaban J connectivity index is 3.68. The molecule has 6 heavy (non-hydrogen) atoms. The van der Waals surface area contributed by atoms with Crippen LogP contribution in [-0.4, -0.2) is 41.0 Å². The van der Waals surface area contributed by atoms with Crippen molar-refractivity contribution in [3.63, 3.8) is 0 Å².